The molecular formula is C18H37IN4O3. The van der Waals surface area contributed by atoms with Crippen molar-refractivity contribution >= 4 is 36.0 Å². The average Bonchev–Trinajstić information content (AvgIpc) is 2.59. The van der Waals surface area contributed by atoms with Gasteiger partial charge in [-0.05, 0) is 44.4 Å². The lowest BCUT2D eigenvalue weighted by Crippen LogP contribution is -2.49. The van der Waals surface area contributed by atoms with Crippen LogP contribution in [0.3, 0.4) is 0 Å². The van der Waals surface area contributed by atoms with E-state index in [0.29, 0.717) is 31.0 Å². The highest BCUT2D eigenvalue weighted by Crippen LogP contribution is 2.16. The Bertz CT molecular complexity index is 413. The molecule has 154 valence electrons. The molecule has 0 aliphatic carbocycles. The van der Waals surface area contributed by atoms with Gasteiger partial charge in [0.2, 0.25) is 0 Å². The maximum absolute atomic E-state index is 11.6. The normalized spacial score (nSPS) is 16.8. The quantitative estimate of drug-likeness (QED) is 0.280. The van der Waals surface area contributed by atoms with E-state index < -0.39 is 0 Å². The molecule has 7 nitrogen and oxygen atoms in total. The third-order valence-corrected chi connectivity index (χ3v) is 4.46. The van der Waals surface area contributed by atoms with Gasteiger partial charge in [0, 0.05) is 38.8 Å². The number of likely N-dealkylation sites (tertiary alicyclic amines) is 1. The van der Waals surface area contributed by atoms with Crippen LogP contribution in [0.1, 0.15) is 46.5 Å². The number of halogens is 1. The fraction of sp³-hybridized carbons (Fsp3) is 0.889. The number of methoxy groups -OCH3 is 1. The van der Waals surface area contributed by atoms with Crippen LogP contribution in [0.4, 0.5) is 4.79 Å². The molecule has 1 aliphatic rings. The number of nitrogens with zero attached hydrogens (tertiary/aromatic N) is 2. The minimum atomic E-state index is -0.250. The van der Waals surface area contributed by atoms with E-state index in [1.54, 1.807) is 4.90 Å². The average molecular weight is 484 g/mol. The molecule has 0 radical (unpaired) electrons. The number of hydrogen-bond acceptors (Lipinski definition) is 4. The molecule has 1 saturated heterocycles. The van der Waals surface area contributed by atoms with Gasteiger partial charge in [0.25, 0.3) is 0 Å². The van der Waals surface area contributed by atoms with Gasteiger partial charge in [-0.3, -0.25) is 4.99 Å². The second-order valence-electron chi connectivity index (χ2n) is 7.10. The minimum Gasteiger partial charge on any atom is -0.453 e. The maximum Gasteiger partial charge on any atom is 0.409 e. The number of ether oxygens (including phenoxy) is 1. The first-order valence-corrected chi connectivity index (χ1v) is 9.48. The number of rotatable bonds is 8. The zero-order valence-electron chi connectivity index (χ0n) is 16.7. The van der Waals surface area contributed by atoms with Gasteiger partial charge in [-0.2, -0.15) is 0 Å². The fourth-order valence-electron chi connectivity index (χ4n) is 3.20. The molecule has 0 aromatic carbocycles. The Balaban J connectivity index is 0.00000625. The summed E-state index contributed by atoms with van der Waals surface area (Å²) < 4.78 is 4.77. The van der Waals surface area contributed by atoms with Crippen LogP contribution in [-0.4, -0.2) is 68.0 Å². The first kappa shape index (κ1) is 25.2. The van der Waals surface area contributed by atoms with Gasteiger partial charge in [-0.25, -0.2) is 4.79 Å². The van der Waals surface area contributed by atoms with Crippen molar-refractivity contribution in [3.05, 3.63) is 0 Å². The molecule has 1 amide bonds. The lowest BCUT2D eigenvalue weighted by Gasteiger charge is -2.32. The number of piperidine rings is 1. The highest BCUT2D eigenvalue weighted by molar-refractivity contribution is 14.0. The summed E-state index contributed by atoms with van der Waals surface area (Å²) in [4.78, 5) is 18.0. The van der Waals surface area contributed by atoms with Crippen LogP contribution in [-0.2, 0) is 4.74 Å². The molecule has 8 heteroatoms. The van der Waals surface area contributed by atoms with Crippen molar-refractivity contribution < 1.29 is 14.6 Å². The van der Waals surface area contributed by atoms with Crippen molar-refractivity contribution in [3.8, 4) is 0 Å². The number of aliphatic hydroxyl groups is 1. The van der Waals surface area contributed by atoms with E-state index in [1.165, 1.54) is 7.11 Å². The number of carbonyl (C=O) groups excluding carboxylic acids is 1. The first-order valence-electron chi connectivity index (χ1n) is 9.48. The molecule has 0 aromatic rings. The van der Waals surface area contributed by atoms with Crippen molar-refractivity contribution in [1.29, 1.82) is 0 Å². The van der Waals surface area contributed by atoms with E-state index in [0.717, 1.165) is 44.7 Å². The minimum absolute atomic E-state index is 0. The van der Waals surface area contributed by atoms with Crippen LogP contribution in [0.2, 0.25) is 0 Å². The Morgan fingerprint density at radius 1 is 1.35 bits per heavy atom. The van der Waals surface area contributed by atoms with Gasteiger partial charge in [0.05, 0.1) is 7.11 Å². The molecule has 1 unspecified atom stereocenters. The van der Waals surface area contributed by atoms with Gasteiger partial charge in [0.1, 0.15) is 0 Å². The number of carbonyl (C=O) groups is 1. The van der Waals surface area contributed by atoms with E-state index in [-0.39, 0.29) is 36.7 Å². The SMILES string of the molecule is CCNC(=NCC(CCO)CC(C)C)NC1CCN(C(=O)OC)CC1.I. The van der Waals surface area contributed by atoms with Crippen LogP contribution >= 0.6 is 24.0 Å². The predicted molar refractivity (Wildman–Crippen MR) is 116 cm³/mol. The van der Waals surface area contributed by atoms with Gasteiger partial charge in [0.15, 0.2) is 5.96 Å². The number of hydrogen-bond donors (Lipinski definition) is 3. The van der Waals surface area contributed by atoms with E-state index in [9.17, 15) is 9.90 Å². The van der Waals surface area contributed by atoms with Gasteiger partial charge in [-0.1, -0.05) is 13.8 Å². The summed E-state index contributed by atoms with van der Waals surface area (Å²) in [5.41, 5.74) is 0. The Labute approximate surface area is 175 Å². The number of aliphatic hydroxyl groups excluding tert-OH is 1. The highest BCUT2D eigenvalue weighted by atomic mass is 127. The van der Waals surface area contributed by atoms with Crippen molar-refractivity contribution in [1.82, 2.24) is 15.5 Å². The van der Waals surface area contributed by atoms with Gasteiger partial charge >= 0.3 is 6.09 Å². The molecule has 0 bridgehead atoms. The van der Waals surface area contributed by atoms with E-state index >= 15 is 0 Å². The molecule has 1 atom stereocenters. The van der Waals surface area contributed by atoms with E-state index in [4.69, 9.17) is 9.73 Å². The molecule has 1 aliphatic heterocycles. The number of guanidine groups is 1. The lowest BCUT2D eigenvalue weighted by atomic mass is 9.94. The Hall–Kier alpha value is -0.770. The Morgan fingerprint density at radius 3 is 2.50 bits per heavy atom. The monoisotopic (exact) mass is 484 g/mol. The molecule has 26 heavy (non-hydrogen) atoms. The van der Waals surface area contributed by atoms with Crippen molar-refractivity contribution in [2.75, 3.05) is 39.9 Å². The van der Waals surface area contributed by atoms with Crippen LogP contribution in [0.15, 0.2) is 4.99 Å². The van der Waals surface area contributed by atoms with Gasteiger partial charge < -0.3 is 25.4 Å². The smallest absolute Gasteiger partial charge is 0.409 e. The Morgan fingerprint density at radius 2 is 2.00 bits per heavy atom. The second-order valence-corrected chi connectivity index (χ2v) is 7.10. The summed E-state index contributed by atoms with van der Waals surface area (Å²) in [7, 11) is 1.42. The number of amides is 1. The third-order valence-electron chi connectivity index (χ3n) is 4.46. The summed E-state index contributed by atoms with van der Waals surface area (Å²) in [6.07, 6.45) is 3.37. The predicted octanol–water partition coefficient (Wildman–Crippen LogP) is 2.44. The second kappa shape index (κ2) is 14.3. The number of nitrogens with one attached hydrogen (secondary N) is 2. The zero-order chi connectivity index (χ0) is 18.7. The summed E-state index contributed by atoms with van der Waals surface area (Å²) in [6, 6.07) is 0.306. The van der Waals surface area contributed by atoms with Crippen molar-refractivity contribution in [2.45, 2.75) is 52.5 Å². The molecule has 3 N–H and O–H groups in total. The molecule has 0 spiro atoms. The molecule has 1 fully saturated rings. The largest absolute Gasteiger partial charge is 0.453 e. The molecule has 1 rings (SSSR count). The summed E-state index contributed by atoms with van der Waals surface area (Å²) >= 11 is 0. The fourth-order valence-corrected chi connectivity index (χ4v) is 3.20. The Kier molecular flexibility index (Phi) is 13.9. The van der Waals surface area contributed by atoms with Gasteiger partial charge in [-0.15, -0.1) is 24.0 Å². The summed E-state index contributed by atoms with van der Waals surface area (Å²) in [5.74, 6) is 1.83. The van der Waals surface area contributed by atoms with Crippen molar-refractivity contribution in [3.63, 3.8) is 0 Å². The highest BCUT2D eigenvalue weighted by Gasteiger charge is 2.23. The maximum atomic E-state index is 11.6. The number of aliphatic imine (C=N–C) groups is 1. The molecule has 1 heterocycles. The van der Waals surface area contributed by atoms with Crippen LogP contribution in [0.25, 0.3) is 0 Å². The van der Waals surface area contributed by atoms with E-state index in [1.807, 2.05) is 0 Å². The summed E-state index contributed by atoms with van der Waals surface area (Å²) in [5, 5.41) is 16.0. The molecular weight excluding hydrogens is 447 g/mol. The topological polar surface area (TPSA) is 86.2 Å². The van der Waals surface area contributed by atoms with Crippen LogP contribution in [0, 0.1) is 11.8 Å². The van der Waals surface area contributed by atoms with Crippen LogP contribution in [0.5, 0.6) is 0 Å². The zero-order valence-corrected chi connectivity index (χ0v) is 19.0. The van der Waals surface area contributed by atoms with E-state index in [2.05, 4.69) is 31.4 Å². The first-order chi connectivity index (χ1) is 12.0. The lowest BCUT2D eigenvalue weighted by molar-refractivity contribution is 0.111. The molecule has 0 aromatic heterocycles. The third kappa shape index (κ3) is 9.80. The standard InChI is InChI=1S/C18H36N4O3.HI/c1-5-19-17(20-13-15(8-11-23)12-14(2)3)21-16-6-9-22(10-7-16)18(24)25-4;/h14-16,23H,5-13H2,1-4H3,(H2,19,20,21);1H. The summed E-state index contributed by atoms with van der Waals surface area (Å²) in [6.45, 7) is 9.59. The van der Waals surface area contributed by atoms with Crippen LogP contribution < -0.4 is 10.6 Å². The molecule has 0 saturated carbocycles. The van der Waals surface area contributed by atoms with Crippen molar-refractivity contribution in [2.24, 2.45) is 16.8 Å².